The molecule has 1 aromatic carbocycles. The summed E-state index contributed by atoms with van der Waals surface area (Å²) >= 11 is 0. The van der Waals surface area contributed by atoms with Gasteiger partial charge in [0.1, 0.15) is 4.90 Å². The number of sulfonamides is 1. The number of rotatable bonds is 7. The fourth-order valence-corrected chi connectivity index (χ4v) is 3.99. The van der Waals surface area contributed by atoms with E-state index in [1.54, 1.807) is 4.90 Å². The minimum Gasteiger partial charge on any atom is -0.492 e. The van der Waals surface area contributed by atoms with E-state index in [0.717, 1.165) is 39.0 Å². The molecule has 1 aliphatic heterocycles. The number of carbonyl (C=O) groups is 1. The molecule has 1 aromatic rings. The van der Waals surface area contributed by atoms with E-state index in [2.05, 4.69) is 5.32 Å². The molecule has 1 fully saturated rings. The number of ether oxygens (including phenoxy) is 1. The van der Waals surface area contributed by atoms with Crippen LogP contribution in [0, 0.1) is 11.7 Å². The monoisotopic (exact) mass is 387 g/mol. The largest absolute Gasteiger partial charge is 0.492 e. The SMILES string of the molecule is CNCCC1CCN(C(=O)Cc2cc(F)c(OC)c(S(N)(=O)=O)c2)CC1. The van der Waals surface area contributed by atoms with Gasteiger partial charge in [-0.1, -0.05) is 0 Å². The van der Waals surface area contributed by atoms with Crippen molar-refractivity contribution < 1.29 is 22.3 Å². The molecular formula is C17H26FN3O4S. The summed E-state index contributed by atoms with van der Waals surface area (Å²) in [6.07, 6.45) is 2.88. The van der Waals surface area contributed by atoms with Crippen LogP contribution >= 0.6 is 0 Å². The number of piperidine rings is 1. The van der Waals surface area contributed by atoms with Crippen LogP contribution in [0.2, 0.25) is 0 Å². The minimum atomic E-state index is -4.16. The van der Waals surface area contributed by atoms with Crippen molar-refractivity contribution >= 4 is 15.9 Å². The summed E-state index contributed by atoms with van der Waals surface area (Å²) in [5, 5.41) is 8.25. The van der Waals surface area contributed by atoms with E-state index in [4.69, 9.17) is 9.88 Å². The third kappa shape index (κ3) is 5.15. The zero-order valence-electron chi connectivity index (χ0n) is 15.1. The maximum absolute atomic E-state index is 14.1. The van der Waals surface area contributed by atoms with E-state index in [-0.39, 0.29) is 17.9 Å². The molecule has 0 aliphatic carbocycles. The van der Waals surface area contributed by atoms with Crippen molar-refractivity contribution in [1.82, 2.24) is 10.2 Å². The standard InChI is InChI=1S/C17H26FN3O4S/c1-20-6-3-12-4-7-21(8-5-12)16(22)11-13-9-14(18)17(25-2)15(10-13)26(19,23)24/h9-10,12,20H,3-8,11H2,1-2H3,(H2,19,23,24). The molecule has 3 N–H and O–H groups in total. The molecule has 1 saturated heterocycles. The molecule has 0 unspecified atom stereocenters. The van der Waals surface area contributed by atoms with Crippen molar-refractivity contribution in [3.8, 4) is 5.75 Å². The van der Waals surface area contributed by atoms with Crippen molar-refractivity contribution in [3.63, 3.8) is 0 Å². The van der Waals surface area contributed by atoms with Crippen LogP contribution in [0.3, 0.4) is 0 Å². The van der Waals surface area contributed by atoms with Crippen LogP contribution in [0.15, 0.2) is 17.0 Å². The normalized spacial score (nSPS) is 15.9. The molecule has 0 bridgehead atoms. The van der Waals surface area contributed by atoms with Gasteiger partial charge in [-0.15, -0.1) is 0 Å². The van der Waals surface area contributed by atoms with Gasteiger partial charge in [-0.25, -0.2) is 17.9 Å². The van der Waals surface area contributed by atoms with Crippen LogP contribution in [-0.4, -0.2) is 53.0 Å². The van der Waals surface area contributed by atoms with E-state index >= 15 is 0 Å². The number of hydrogen-bond donors (Lipinski definition) is 2. The summed E-state index contributed by atoms with van der Waals surface area (Å²) in [5.74, 6) is -0.845. The summed E-state index contributed by atoms with van der Waals surface area (Å²) in [6, 6.07) is 2.32. The lowest BCUT2D eigenvalue weighted by Gasteiger charge is -2.32. The molecule has 0 radical (unpaired) electrons. The smallest absolute Gasteiger partial charge is 0.241 e. The number of primary sulfonamides is 1. The number of nitrogens with one attached hydrogen (secondary N) is 1. The van der Waals surface area contributed by atoms with Crippen molar-refractivity contribution in [2.75, 3.05) is 33.8 Å². The van der Waals surface area contributed by atoms with E-state index in [9.17, 15) is 17.6 Å². The fourth-order valence-electron chi connectivity index (χ4n) is 3.24. The average molecular weight is 387 g/mol. The summed E-state index contributed by atoms with van der Waals surface area (Å²) in [4.78, 5) is 13.8. The first-order valence-corrected chi connectivity index (χ1v) is 10.1. The highest BCUT2D eigenvalue weighted by Crippen LogP contribution is 2.28. The van der Waals surface area contributed by atoms with Gasteiger partial charge >= 0.3 is 0 Å². The van der Waals surface area contributed by atoms with Crippen molar-refractivity contribution in [3.05, 3.63) is 23.5 Å². The number of nitrogens with zero attached hydrogens (tertiary/aromatic N) is 1. The molecule has 0 spiro atoms. The number of nitrogens with two attached hydrogens (primary N) is 1. The van der Waals surface area contributed by atoms with Gasteiger partial charge < -0.3 is 15.0 Å². The molecule has 1 amide bonds. The predicted molar refractivity (Wildman–Crippen MR) is 95.9 cm³/mol. The third-order valence-corrected chi connectivity index (χ3v) is 5.62. The summed E-state index contributed by atoms with van der Waals surface area (Å²) in [6.45, 7) is 2.28. The highest BCUT2D eigenvalue weighted by Gasteiger charge is 2.25. The molecule has 1 heterocycles. The van der Waals surface area contributed by atoms with Gasteiger partial charge in [-0.05, 0) is 56.5 Å². The Labute approximate surface area is 153 Å². The molecule has 1 aliphatic rings. The van der Waals surface area contributed by atoms with E-state index in [1.807, 2.05) is 7.05 Å². The second kappa shape index (κ2) is 8.79. The fraction of sp³-hybridized carbons (Fsp3) is 0.588. The molecule has 0 saturated carbocycles. The highest BCUT2D eigenvalue weighted by molar-refractivity contribution is 7.89. The first-order valence-electron chi connectivity index (χ1n) is 8.57. The van der Waals surface area contributed by atoms with Crippen LogP contribution in [0.4, 0.5) is 4.39 Å². The van der Waals surface area contributed by atoms with Gasteiger partial charge in [0.2, 0.25) is 15.9 Å². The van der Waals surface area contributed by atoms with Gasteiger partial charge in [0.15, 0.2) is 11.6 Å². The second-order valence-electron chi connectivity index (χ2n) is 6.55. The predicted octanol–water partition coefficient (Wildman–Crippen LogP) is 0.872. The Bertz CT molecular complexity index is 747. The van der Waals surface area contributed by atoms with E-state index in [1.165, 1.54) is 6.07 Å². The lowest BCUT2D eigenvalue weighted by Crippen LogP contribution is -2.39. The van der Waals surface area contributed by atoms with Gasteiger partial charge in [-0.2, -0.15) is 0 Å². The zero-order valence-corrected chi connectivity index (χ0v) is 15.9. The highest BCUT2D eigenvalue weighted by atomic mass is 32.2. The third-order valence-electron chi connectivity index (χ3n) is 4.71. The van der Waals surface area contributed by atoms with E-state index in [0.29, 0.717) is 19.0 Å². The molecule has 0 atom stereocenters. The minimum absolute atomic E-state index is 0.0788. The Morgan fingerprint density at radius 1 is 1.38 bits per heavy atom. The van der Waals surface area contributed by atoms with Crippen LogP contribution in [0.1, 0.15) is 24.8 Å². The summed E-state index contributed by atoms with van der Waals surface area (Å²) < 4.78 is 42.2. The Hall–Kier alpha value is -1.71. The van der Waals surface area contributed by atoms with E-state index < -0.39 is 26.5 Å². The quantitative estimate of drug-likeness (QED) is 0.723. The van der Waals surface area contributed by atoms with Crippen molar-refractivity contribution in [2.24, 2.45) is 11.1 Å². The molecule has 2 rings (SSSR count). The lowest BCUT2D eigenvalue weighted by atomic mass is 9.93. The Morgan fingerprint density at radius 2 is 2.04 bits per heavy atom. The van der Waals surface area contributed by atoms with Gasteiger partial charge in [0.05, 0.1) is 13.5 Å². The molecule has 0 aromatic heterocycles. The summed E-state index contributed by atoms with van der Waals surface area (Å²) in [5.41, 5.74) is 0.259. The van der Waals surface area contributed by atoms with Crippen LogP contribution in [-0.2, 0) is 21.2 Å². The molecule has 146 valence electrons. The Balaban J connectivity index is 2.07. The second-order valence-corrected chi connectivity index (χ2v) is 8.08. The lowest BCUT2D eigenvalue weighted by molar-refractivity contribution is -0.131. The van der Waals surface area contributed by atoms with Crippen LogP contribution in [0.25, 0.3) is 0 Å². The van der Waals surface area contributed by atoms with Crippen LogP contribution in [0.5, 0.6) is 5.75 Å². The number of hydrogen-bond acceptors (Lipinski definition) is 5. The first-order chi connectivity index (χ1) is 12.3. The maximum Gasteiger partial charge on any atom is 0.241 e. The zero-order chi connectivity index (χ0) is 19.3. The Kier molecular flexibility index (Phi) is 6.96. The van der Waals surface area contributed by atoms with Gasteiger partial charge in [0.25, 0.3) is 0 Å². The number of carbonyl (C=O) groups excluding carboxylic acids is 1. The Morgan fingerprint density at radius 3 is 2.58 bits per heavy atom. The van der Waals surface area contributed by atoms with Crippen LogP contribution < -0.4 is 15.2 Å². The average Bonchev–Trinajstić information content (AvgIpc) is 2.59. The molecular weight excluding hydrogens is 361 g/mol. The maximum atomic E-state index is 14.1. The molecule has 7 nitrogen and oxygen atoms in total. The molecule has 9 heteroatoms. The van der Waals surface area contributed by atoms with Gasteiger partial charge in [-0.3, -0.25) is 4.79 Å². The number of amides is 1. The first kappa shape index (κ1) is 20.6. The van der Waals surface area contributed by atoms with Crippen molar-refractivity contribution in [2.45, 2.75) is 30.6 Å². The summed E-state index contributed by atoms with van der Waals surface area (Å²) in [7, 11) is -1.08. The molecule has 26 heavy (non-hydrogen) atoms. The topological polar surface area (TPSA) is 102 Å². The number of benzene rings is 1. The van der Waals surface area contributed by atoms with Crippen molar-refractivity contribution in [1.29, 1.82) is 0 Å². The number of likely N-dealkylation sites (tertiary alicyclic amines) is 1. The number of halogens is 1. The number of methoxy groups -OCH3 is 1. The van der Waals surface area contributed by atoms with Gasteiger partial charge in [0, 0.05) is 13.1 Å².